The van der Waals surface area contributed by atoms with E-state index in [1.54, 1.807) is 24.3 Å². The molecule has 2 N–H and O–H groups in total. The largest absolute Gasteiger partial charge is 0.497 e. The van der Waals surface area contributed by atoms with Gasteiger partial charge in [-0.15, -0.1) is 0 Å². The molecule has 2 fully saturated rings. The molecule has 0 saturated carbocycles. The average molecular weight is 498 g/mol. The number of amides is 2. The van der Waals surface area contributed by atoms with Crippen molar-refractivity contribution in [2.75, 3.05) is 24.3 Å². The van der Waals surface area contributed by atoms with E-state index in [1.807, 2.05) is 29.2 Å². The second kappa shape index (κ2) is 7.49. The summed E-state index contributed by atoms with van der Waals surface area (Å²) < 4.78 is 20.1. The van der Waals surface area contributed by atoms with Gasteiger partial charge in [-0.1, -0.05) is 30.3 Å². The van der Waals surface area contributed by atoms with Crippen LogP contribution < -0.4 is 15.4 Å². The number of anilines is 2. The maximum absolute atomic E-state index is 14.8. The molecule has 4 atom stereocenters. The van der Waals surface area contributed by atoms with E-state index in [4.69, 9.17) is 4.74 Å². The van der Waals surface area contributed by atoms with Crippen LogP contribution in [0, 0.1) is 11.7 Å². The molecule has 3 aromatic carbocycles. The Morgan fingerprint density at radius 3 is 2.59 bits per heavy atom. The smallest absolute Gasteiger partial charge is 0.250 e. The number of carbonyl (C=O) groups excluding carboxylic acids is 3. The van der Waals surface area contributed by atoms with E-state index < -0.39 is 34.6 Å². The minimum Gasteiger partial charge on any atom is -0.497 e. The number of hydrogen-bond acceptors (Lipinski definition) is 5. The minimum atomic E-state index is -1.55. The molecule has 0 radical (unpaired) electrons. The molecule has 2 spiro atoms. The Hall–Kier alpha value is -4.04. The summed E-state index contributed by atoms with van der Waals surface area (Å²) in [5.41, 5.74) is -0.347. The summed E-state index contributed by atoms with van der Waals surface area (Å²) in [6.45, 7) is 0.507. The van der Waals surface area contributed by atoms with Gasteiger partial charge in [-0.2, -0.15) is 0 Å². The third-order valence-electron chi connectivity index (χ3n) is 8.70. The summed E-state index contributed by atoms with van der Waals surface area (Å²) in [6.07, 6.45) is 1.38. The van der Waals surface area contributed by atoms with Crippen molar-refractivity contribution in [3.8, 4) is 5.75 Å². The number of hydrogen-bond donors (Lipinski definition) is 2. The molecule has 4 heterocycles. The first-order chi connectivity index (χ1) is 17.9. The summed E-state index contributed by atoms with van der Waals surface area (Å²) in [6, 6.07) is 17.9. The highest BCUT2D eigenvalue weighted by Crippen LogP contribution is 2.66. The Balaban J connectivity index is 1.58. The topological polar surface area (TPSA) is 87.7 Å². The standard InChI is InChI=1S/C29H24FN3O4/c1-37-18-7-4-6-16(14-18)24(34)25-28(19-8-2-3-9-21(19)31-26(28)35)23-10-5-13-33(23)29(25)20-15-17(30)11-12-22(20)32-27(29)36/h2-4,6-9,11-12,14-15,23,25H,5,10,13H2,1H3,(H,31,35)(H,32,36). The molecule has 37 heavy (non-hydrogen) atoms. The molecule has 0 bridgehead atoms. The zero-order chi connectivity index (χ0) is 25.5. The highest BCUT2D eigenvalue weighted by molar-refractivity contribution is 6.18. The molecular formula is C29H24FN3O4. The second-order valence-electron chi connectivity index (χ2n) is 10.2. The predicted molar refractivity (Wildman–Crippen MR) is 134 cm³/mol. The van der Waals surface area contributed by atoms with Gasteiger partial charge in [0.25, 0.3) is 0 Å². The van der Waals surface area contributed by atoms with Crippen molar-refractivity contribution >= 4 is 29.0 Å². The Morgan fingerprint density at radius 1 is 0.973 bits per heavy atom. The van der Waals surface area contributed by atoms with Gasteiger partial charge in [-0.3, -0.25) is 19.3 Å². The molecule has 2 amide bonds. The molecule has 4 aliphatic rings. The van der Waals surface area contributed by atoms with Crippen molar-refractivity contribution in [2.45, 2.75) is 29.8 Å². The molecule has 3 aromatic rings. The van der Waals surface area contributed by atoms with Crippen molar-refractivity contribution < 1.29 is 23.5 Å². The van der Waals surface area contributed by atoms with E-state index in [0.717, 1.165) is 6.42 Å². The number of methoxy groups -OCH3 is 1. The van der Waals surface area contributed by atoms with Gasteiger partial charge in [0.1, 0.15) is 22.5 Å². The van der Waals surface area contributed by atoms with Gasteiger partial charge >= 0.3 is 0 Å². The lowest BCUT2D eigenvalue weighted by molar-refractivity contribution is -0.128. The Labute approximate surface area is 212 Å². The fourth-order valence-corrected chi connectivity index (χ4v) is 7.46. The number of halogens is 1. The number of carbonyl (C=O) groups is 3. The van der Waals surface area contributed by atoms with Crippen molar-refractivity contribution in [2.24, 2.45) is 5.92 Å². The van der Waals surface area contributed by atoms with E-state index >= 15 is 0 Å². The number of nitrogens with zero attached hydrogens (tertiary/aromatic N) is 1. The van der Waals surface area contributed by atoms with E-state index in [-0.39, 0.29) is 11.7 Å². The molecule has 7 rings (SSSR count). The van der Waals surface area contributed by atoms with Gasteiger partial charge < -0.3 is 15.4 Å². The lowest BCUT2D eigenvalue weighted by atomic mass is 9.60. The van der Waals surface area contributed by atoms with Crippen LogP contribution in [-0.2, 0) is 20.5 Å². The van der Waals surface area contributed by atoms with Crippen LogP contribution in [0.1, 0.15) is 34.3 Å². The summed E-state index contributed by atoms with van der Waals surface area (Å²) in [7, 11) is 1.52. The third kappa shape index (κ3) is 2.56. The van der Waals surface area contributed by atoms with Gasteiger partial charge in [-0.05, 0) is 61.3 Å². The SMILES string of the molecule is COc1cccc(C(=O)C2C3(C(=O)Nc4ccccc43)C3CCCN3C23C(=O)Nc2ccc(F)cc23)c1. The lowest BCUT2D eigenvalue weighted by Gasteiger charge is -2.38. The lowest BCUT2D eigenvalue weighted by Crippen LogP contribution is -2.55. The van der Waals surface area contributed by atoms with Crippen molar-refractivity contribution in [1.29, 1.82) is 0 Å². The minimum absolute atomic E-state index is 0.304. The number of ketones is 1. The van der Waals surface area contributed by atoms with Crippen LogP contribution in [0.2, 0.25) is 0 Å². The number of nitrogens with one attached hydrogen (secondary N) is 2. The van der Waals surface area contributed by atoms with Gasteiger partial charge in [0, 0.05) is 28.5 Å². The van der Waals surface area contributed by atoms with Crippen molar-refractivity contribution in [3.05, 3.63) is 89.2 Å². The first-order valence-electron chi connectivity index (χ1n) is 12.4. The van der Waals surface area contributed by atoms with Crippen LogP contribution in [0.4, 0.5) is 15.8 Å². The molecule has 8 heteroatoms. The highest BCUT2D eigenvalue weighted by atomic mass is 19.1. The van der Waals surface area contributed by atoms with Crippen LogP contribution in [0.25, 0.3) is 0 Å². The second-order valence-corrected chi connectivity index (χ2v) is 10.2. The van der Waals surface area contributed by atoms with Gasteiger partial charge in [0.05, 0.1) is 13.0 Å². The van der Waals surface area contributed by atoms with Gasteiger partial charge in [-0.25, -0.2) is 4.39 Å². The molecule has 7 nitrogen and oxygen atoms in total. The summed E-state index contributed by atoms with van der Waals surface area (Å²) in [5.74, 6) is -2.21. The molecule has 4 unspecified atom stereocenters. The van der Waals surface area contributed by atoms with E-state index in [0.29, 0.717) is 46.8 Å². The Morgan fingerprint density at radius 2 is 1.76 bits per heavy atom. The van der Waals surface area contributed by atoms with Gasteiger partial charge in [0.2, 0.25) is 11.8 Å². The molecule has 0 aliphatic carbocycles. The fraction of sp³-hybridized carbons (Fsp3) is 0.276. The fourth-order valence-electron chi connectivity index (χ4n) is 7.46. The Bertz CT molecular complexity index is 1520. The normalized spacial score (nSPS) is 29.2. The van der Waals surface area contributed by atoms with E-state index in [1.165, 1.54) is 25.3 Å². The first-order valence-corrected chi connectivity index (χ1v) is 12.4. The average Bonchev–Trinajstić information content (AvgIpc) is 3.63. The zero-order valence-corrected chi connectivity index (χ0v) is 20.1. The summed E-state index contributed by atoms with van der Waals surface area (Å²) in [5, 5.41) is 5.93. The number of rotatable bonds is 3. The molecule has 4 aliphatic heterocycles. The zero-order valence-electron chi connectivity index (χ0n) is 20.1. The van der Waals surface area contributed by atoms with Crippen LogP contribution in [0.3, 0.4) is 0 Å². The Kier molecular flexibility index (Phi) is 4.49. The third-order valence-corrected chi connectivity index (χ3v) is 8.70. The predicted octanol–water partition coefficient (Wildman–Crippen LogP) is 3.85. The van der Waals surface area contributed by atoms with Crippen LogP contribution in [0.5, 0.6) is 5.75 Å². The maximum Gasteiger partial charge on any atom is 0.250 e. The number of benzene rings is 3. The number of ether oxygens (including phenoxy) is 1. The maximum atomic E-state index is 14.8. The summed E-state index contributed by atoms with van der Waals surface area (Å²) in [4.78, 5) is 45.1. The van der Waals surface area contributed by atoms with Crippen LogP contribution >= 0.6 is 0 Å². The quantitative estimate of drug-likeness (QED) is 0.537. The molecule has 186 valence electrons. The number of Topliss-reactive ketones (excluding diaryl/α,β-unsaturated/α-hetero) is 1. The van der Waals surface area contributed by atoms with Crippen molar-refractivity contribution in [3.63, 3.8) is 0 Å². The summed E-state index contributed by atoms with van der Waals surface area (Å²) >= 11 is 0. The number of fused-ring (bicyclic) bond motifs is 7. The van der Waals surface area contributed by atoms with Gasteiger partial charge in [0.15, 0.2) is 5.78 Å². The monoisotopic (exact) mass is 497 g/mol. The van der Waals surface area contributed by atoms with E-state index in [9.17, 15) is 18.8 Å². The van der Waals surface area contributed by atoms with Crippen LogP contribution in [0.15, 0.2) is 66.7 Å². The number of para-hydroxylation sites is 1. The highest BCUT2D eigenvalue weighted by Gasteiger charge is 2.78. The molecular weight excluding hydrogens is 473 g/mol. The van der Waals surface area contributed by atoms with Crippen molar-refractivity contribution in [1.82, 2.24) is 4.90 Å². The first kappa shape index (κ1) is 22.2. The molecule has 2 saturated heterocycles. The van der Waals surface area contributed by atoms with E-state index in [2.05, 4.69) is 10.6 Å². The molecule has 0 aromatic heterocycles. The van der Waals surface area contributed by atoms with Crippen LogP contribution in [-0.4, -0.2) is 42.2 Å².